The van der Waals surface area contributed by atoms with E-state index >= 15 is 0 Å². The average molecular weight is 251 g/mol. The number of nitrogens with zero attached hydrogens (tertiary/aromatic N) is 3. The predicted molar refractivity (Wildman–Crippen MR) is 81.2 cm³/mol. The van der Waals surface area contributed by atoms with E-state index < -0.39 is 0 Å². The van der Waals surface area contributed by atoms with E-state index in [0.717, 1.165) is 22.7 Å². The highest BCUT2D eigenvalue weighted by Crippen LogP contribution is 2.13. The van der Waals surface area contributed by atoms with Crippen molar-refractivity contribution in [3.63, 3.8) is 0 Å². The number of fused-ring (bicyclic) bond motifs is 1. The molecule has 0 aromatic carbocycles. The second-order valence-corrected chi connectivity index (χ2v) is 2.98. The first kappa shape index (κ1) is 19.0. The van der Waals surface area contributed by atoms with Crippen molar-refractivity contribution in [3.8, 4) is 0 Å². The summed E-state index contributed by atoms with van der Waals surface area (Å²) < 4.78 is 2.07. The SMILES string of the molecule is CC.CC.CC.Cc1nccn2c(C)nc(C)c12. The summed E-state index contributed by atoms with van der Waals surface area (Å²) in [6.07, 6.45) is 3.74. The third kappa shape index (κ3) is 4.47. The number of rotatable bonds is 0. The molecule has 0 fully saturated rings. The van der Waals surface area contributed by atoms with Gasteiger partial charge in [-0.2, -0.15) is 0 Å². The molecule has 3 nitrogen and oxygen atoms in total. The van der Waals surface area contributed by atoms with Crippen LogP contribution in [0.2, 0.25) is 0 Å². The number of aromatic nitrogens is 3. The zero-order valence-corrected chi connectivity index (χ0v) is 13.5. The van der Waals surface area contributed by atoms with E-state index in [1.807, 2.05) is 68.5 Å². The Hall–Kier alpha value is -1.38. The average Bonchev–Trinajstić information content (AvgIpc) is 2.73. The quantitative estimate of drug-likeness (QED) is 0.677. The summed E-state index contributed by atoms with van der Waals surface area (Å²) in [6, 6.07) is 0. The van der Waals surface area contributed by atoms with Crippen LogP contribution >= 0.6 is 0 Å². The monoisotopic (exact) mass is 251 g/mol. The van der Waals surface area contributed by atoms with Gasteiger partial charge in [-0.15, -0.1) is 0 Å². The van der Waals surface area contributed by atoms with E-state index in [1.165, 1.54) is 0 Å². The van der Waals surface area contributed by atoms with Crippen LogP contribution in [0.15, 0.2) is 12.4 Å². The molecule has 0 radical (unpaired) electrons. The smallest absolute Gasteiger partial charge is 0.110 e. The first-order valence-electron chi connectivity index (χ1n) is 6.97. The van der Waals surface area contributed by atoms with Gasteiger partial charge < -0.3 is 4.40 Å². The van der Waals surface area contributed by atoms with Gasteiger partial charge >= 0.3 is 0 Å². The molecule has 0 spiro atoms. The van der Waals surface area contributed by atoms with Crippen molar-refractivity contribution in [2.45, 2.75) is 62.3 Å². The first-order chi connectivity index (χ1) is 8.70. The molecule has 0 aliphatic heterocycles. The summed E-state index contributed by atoms with van der Waals surface area (Å²) in [7, 11) is 0. The summed E-state index contributed by atoms with van der Waals surface area (Å²) in [4.78, 5) is 8.59. The molecule has 0 aliphatic rings. The van der Waals surface area contributed by atoms with Gasteiger partial charge in [0.2, 0.25) is 0 Å². The summed E-state index contributed by atoms with van der Waals surface area (Å²) in [6.45, 7) is 18.0. The van der Waals surface area contributed by atoms with Crippen LogP contribution in [0.4, 0.5) is 0 Å². The van der Waals surface area contributed by atoms with Gasteiger partial charge in [-0.25, -0.2) is 4.98 Å². The fourth-order valence-corrected chi connectivity index (χ4v) is 1.58. The Morgan fingerprint density at radius 3 is 1.78 bits per heavy atom. The second-order valence-electron chi connectivity index (χ2n) is 2.98. The molecule has 0 aliphatic carbocycles. The lowest BCUT2D eigenvalue weighted by atomic mass is 10.3. The van der Waals surface area contributed by atoms with Crippen molar-refractivity contribution < 1.29 is 0 Å². The molecule has 0 atom stereocenters. The first-order valence-corrected chi connectivity index (χ1v) is 6.97. The van der Waals surface area contributed by atoms with Gasteiger partial charge in [-0.05, 0) is 20.8 Å². The molecular weight excluding hydrogens is 222 g/mol. The van der Waals surface area contributed by atoms with Crippen LogP contribution in [0.5, 0.6) is 0 Å². The van der Waals surface area contributed by atoms with Crippen molar-refractivity contribution in [3.05, 3.63) is 29.6 Å². The van der Waals surface area contributed by atoms with Crippen LogP contribution < -0.4 is 0 Å². The Balaban J connectivity index is 0. The maximum atomic E-state index is 4.37. The number of hydrogen-bond donors (Lipinski definition) is 0. The Morgan fingerprint density at radius 2 is 1.33 bits per heavy atom. The van der Waals surface area contributed by atoms with Gasteiger partial charge in [-0.1, -0.05) is 41.5 Å². The minimum Gasteiger partial charge on any atom is -0.300 e. The lowest BCUT2D eigenvalue weighted by Crippen LogP contribution is -1.91. The van der Waals surface area contributed by atoms with Crippen LogP contribution in [0.1, 0.15) is 58.8 Å². The fourth-order valence-electron chi connectivity index (χ4n) is 1.58. The molecule has 2 aromatic rings. The lowest BCUT2D eigenvalue weighted by Gasteiger charge is -1.97. The Bertz CT molecular complexity index is 430. The molecule has 0 bridgehead atoms. The van der Waals surface area contributed by atoms with Gasteiger partial charge in [0, 0.05) is 12.4 Å². The molecule has 0 unspecified atom stereocenters. The molecule has 0 N–H and O–H groups in total. The van der Waals surface area contributed by atoms with Crippen molar-refractivity contribution in [1.82, 2.24) is 14.4 Å². The van der Waals surface area contributed by atoms with Crippen LogP contribution in [-0.4, -0.2) is 14.4 Å². The Kier molecular flexibility index (Phi) is 11.3. The number of aryl methyl sites for hydroxylation is 3. The second kappa shape index (κ2) is 10.8. The summed E-state index contributed by atoms with van der Waals surface area (Å²) in [5, 5.41) is 0. The third-order valence-electron chi connectivity index (χ3n) is 2.09. The van der Waals surface area contributed by atoms with Gasteiger partial charge in [0.25, 0.3) is 0 Å². The Morgan fingerprint density at radius 1 is 0.833 bits per heavy atom. The molecule has 2 heterocycles. The molecule has 104 valence electrons. The van der Waals surface area contributed by atoms with Gasteiger partial charge in [0.15, 0.2) is 0 Å². The van der Waals surface area contributed by atoms with Gasteiger partial charge in [-0.3, -0.25) is 4.98 Å². The molecular formula is C15H29N3. The standard InChI is InChI=1S/C9H11N3.3C2H6/c1-6-9-7(2)11-8(3)12(9)5-4-10-6;3*1-2/h4-5H,1-3H3;3*1-2H3. The fraction of sp³-hybridized carbons (Fsp3) is 0.600. The van der Waals surface area contributed by atoms with Crippen molar-refractivity contribution in [2.24, 2.45) is 0 Å². The predicted octanol–water partition coefficient (Wildman–Crippen LogP) is 4.73. The van der Waals surface area contributed by atoms with E-state index in [-0.39, 0.29) is 0 Å². The summed E-state index contributed by atoms with van der Waals surface area (Å²) >= 11 is 0. The number of imidazole rings is 1. The third-order valence-corrected chi connectivity index (χ3v) is 2.09. The van der Waals surface area contributed by atoms with E-state index in [2.05, 4.69) is 14.4 Å². The highest BCUT2D eigenvalue weighted by molar-refractivity contribution is 5.56. The van der Waals surface area contributed by atoms with Crippen LogP contribution in [0.25, 0.3) is 5.52 Å². The van der Waals surface area contributed by atoms with Crippen LogP contribution in [0, 0.1) is 20.8 Å². The maximum absolute atomic E-state index is 4.37. The number of hydrogen-bond acceptors (Lipinski definition) is 2. The normalized spacial score (nSPS) is 8.28. The molecule has 18 heavy (non-hydrogen) atoms. The largest absolute Gasteiger partial charge is 0.300 e. The molecule has 2 aromatic heterocycles. The maximum Gasteiger partial charge on any atom is 0.110 e. The zero-order valence-electron chi connectivity index (χ0n) is 13.5. The summed E-state index contributed by atoms with van der Waals surface area (Å²) in [5.74, 6) is 1.02. The highest BCUT2D eigenvalue weighted by Gasteiger charge is 2.05. The van der Waals surface area contributed by atoms with E-state index in [9.17, 15) is 0 Å². The van der Waals surface area contributed by atoms with E-state index in [4.69, 9.17) is 0 Å². The molecule has 0 saturated heterocycles. The highest BCUT2D eigenvalue weighted by atomic mass is 15.0. The van der Waals surface area contributed by atoms with Crippen molar-refractivity contribution in [2.75, 3.05) is 0 Å². The molecule has 2 rings (SSSR count). The van der Waals surface area contributed by atoms with Gasteiger partial charge in [0.1, 0.15) is 5.82 Å². The van der Waals surface area contributed by atoms with Gasteiger partial charge in [0.05, 0.1) is 16.9 Å². The minimum atomic E-state index is 1.02. The zero-order chi connectivity index (χ0) is 14.7. The topological polar surface area (TPSA) is 30.2 Å². The minimum absolute atomic E-state index is 1.02. The van der Waals surface area contributed by atoms with Crippen molar-refractivity contribution in [1.29, 1.82) is 0 Å². The Labute approximate surface area is 112 Å². The van der Waals surface area contributed by atoms with Crippen LogP contribution in [0.3, 0.4) is 0 Å². The summed E-state index contributed by atoms with van der Waals surface area (Å²) in [5.41, 5.74) is 3.23. The molecule has 3 heteroatoms. The molecule has 0 amide bonds. The lowest BCUT2D eigenvalue weighted by molar-refractivity contribution is 1.01. The van der Waals surface area contributed by atoms with E-state index in [1.54, 1.807) is 6.20 Å². The van der Waals surface area contributed by atoms with Crippen LogP contribution in [-0.2, 0) is 0 Å². The van der Waals surface area contributed by atoms with Crippen molar-refractivity contribution >= 4 is 5.52 Å². The van der Waals surface area contributed by atoms with E-state index in [0.29, 0.717) is 0 Å². The molecule has 0 saturated carbocycles.